The lowest BCUT2D eigenvalue weighted by molar-refractivity contribution is -0.142. The first-order valence-corrected chi connectivity index (χ1v) is 9.44. The number of amides is 2. The quantitative estimate of drug-likeness (QED) is 0.458. The van der Waals surface area contributed by atoms with Crippen molar-refractivity contribution in [2.45, 2.75) is 19.8 Å². The van der Waals surface area contributed by atoms with E-state index in [0.717, 1.165) is 0 Å². The van der Waals surface area contributed by atoms with E-state index in [1.165, 1.54) is 7.11 Å². The molecule has 2 N–H and O–H groups in total. The molecule has 0 aliphatic rings. The van der Waals surface area contributed by atoms with Gasteiger partial charge in [-0.05, 0) is 36.4 Å². The number of benzene rings is 2. The van der Waals surface area contributed by atoms with Gasteiger partial charge in [0.15, 0.2) is 12.4 Å². The van der Waals surface area contributed by atoms with E-state index in [1.807, 2.05) is 0 Å². The van der Waals surface area contributed by atoms with Gasteiger partial charge in [-0.25, -0.2) is 0 Å². The number of ketones is 1. The van der Waals surface area contributed by atoms with Crippen LogP contribution in [0.3, 0.4) is 0 Å². The highest BCUT2D eigenvalue weighted by atomic mass is 16.5. The van der Waals surface area contributed by atoms with Crippen LogP contribution in [0.1, 0.15) is 40.5 Å². The molecule has 0 heterocycles. The van der Waals surface area contributed by atoms with Crippen molar-refractivity contribution < 1.29 is 28.7 Å². The largest absolute Gasteiger partial charge is 0.496 e. The van der Waals surface area contributed by atoms with Crippen LogP contribution in [-0.4, -0.2) is 43.8 Å². The Kier molecular flexibility index (Phi) is 8.56. The number of Topliss-reactive ketones (excluding diaryl/α,β-unsaturated/α-hetero) is 1. The minimum atomic E-state index is -0.601. The second-order valence-corrected chi connectivity index (χ2v) is 6.27. The third kappa shape index (κ3) is 6.73. The van der Waals surface area contributed by atoms with Crippen molar-refractivity contribution in [3.63, 3.8) is 0 Å². The summed E-state index contributed by atoms with van der Waals surface area (Å²) in [4.78, 5) is 47.5. The van der Waals surface area contributed by atoms with E-state index in [1.54, 1.807) is 55.5 Å². The Hall–Kier alpha value is -3.68. The Morgan fingerprint density at radius 1 is 0.967 bits per heavy atom. The maximum absolute atomic E-state index is 12.1. The molecule has 0 bridgehead atoms. The zero-order valence-electron chi connectivity index (χ0n) is 16.9. The van der Waals surface area contributed by atoms with Gasteiger partial charge in [-0.2, -0.15) is 0 Å². The van der Waals surface area contributed by atoms with Crippen LogP contribution in [0.15, 0.2) is 48.5 Å². The van der Waals surface area contributed by atoms with E-state index in [0.29, 0.717) is 29.0 Å². The van der Waals surface area contributed by atoms with Crippen LogP contribution in [-0.2, 0) is 14.3 Å². The van der Waals surface area contributed by atoms with Crippen molar-refractivity contribution in [2.24, 2.45) is 0 Å². The number of nitrogens with one attached hydrogen (secondary N) is 2. The molecule has 8 nitrogen and oxygen atoms in total. The normalized spacial score (nSPS) is 10.1. The molecule has 0 spiro atoms. The summed E-state index contributed by atoms with van der Waals surface area (Å²) in [5.41, 5.74) is 1.31. The summed E-state index contributed by atoms with van der Waals surface area (Å²) in [5.74, 6) is -1.03. The number of carbonyl (C=O) groups is 4. The van der Waals surface area contributed by atoms with Crippen molar-refractivity contribution in [3.8, 4) is 5.75 Å². The minimum absolute atomic E-state index is 0.0652. The maximum atomic E-state index is 12.1. The van der Waals surface area contributed by atoms with Crippen LogP contribution in [0.2, 0.25) is 0 Å². The summed E-state index contributed by atoms with van der Waals surface area (Å²) < 4.78 is 10.1. The number of hydrogen-bond acceptors (Lipinski definition) is 6. The van der Waals surface area contributed by atoms with Crippen molar-refractivity contribution in [1.82, 2.24) is 5.32 Å². The number of para-hydroxylation sites is 1. The van der Waals surface area contributed by atoms with Gasteiger partial charge in [0.05, 0.1) is 19.1 Å². The molecule has 0 aliphatic carbocycles. The minimum Gasteiger partial charge on any atom is -0.496 e. The lowest BCUT2D eigenvalue weighted by Crippen LogP contribution is -2.27. The fourth-order valence-electron chi connectivity index (χ4n) is 2.50. The highest BCUT2D eigenvalue weighted by molar-refractivity contribution is 5.99. The van der Waals surface area contributed by atoms with Gasteiger partial charge in [0, 0.05) is 24.2 Å². The second kappa shape index (κ2) is 11.4. The number of esters is 1. The van der Waals surface area contributed by atoms with E-state index in [-0.39, 0.29) is 30.6 Å². The summed E-state index contributed by atoms with van der Waals surface area (Å²) in [6, 6.07) is 13.1. The molecular formula is C22H24N2O6. The first-order valence-electron chi connectivity index (χ1n) is 9.44. The Balaban J connectivity index is 1.74. The lowest BCUT2D eigenvalue weighted by atomic mass is 10.1. The van der Waals surface area contributed by atoms with Crippen LogP contribution in [0.5, 0.6) is 5.75 Å². The molecule has 0 aliphatic heterocycles. The average Bonchev–Trinajstić information content (AvgIpc) is 2.77. The van der Waals surface area contributed by atoms with Crippen LogP contribution >= 0.6 is 0 Å². The Morgan fingerprint density at radius 3 is 2.33 bits per heavy atom. The van der Waals surface area contributed by atoms with Crippen molar-refractivity contribution >= 4 is 29.3 Å². The molecule has 30 heavy (non-hydrogen) atoms. The molecule has 2 amide bonds. The van der Waals surface area contributed by atoms with E-state index < -0.39 is 12.6 Å². The number of anilines is 1. The van der Waals surface area contributed by atoms with Crippen LogP contribution < -0.4 is 15.4 Å². The Morgan fingerprint density at radius 2 is 1.67 bits per heavy atom. The third-order valence-corrected chi connectivity index (χ3v) is 4.14. The summed E-state index contributed by atoms with van der Waals surface area (Å²) in [5, 5.41) is 5.29. The Bertz CT molecular complexity index is 908. The molecule has 0 radical (unpaired) electrons. The molecule has 0 unspecified atom stereocenters. The number of carbonyl (C=O) groups excluding carboxylic acids is 4. The van der Waals surface area contributed by atoms with E-state index in [4.69, 9.17) is 9.47 Å². The van der Waals surface area contributed by atoms with Gasteiger partial charge < -0.3 is 20.1 Å². The van der Waals surface area contributed by atoms with Gasteiger partial charge in [-0.3, -0.25) is 19.2 Å². The molecule has 0 aromatic heterocycles. The van der Waals surface area contributed by atoms with Gasteiger partial charge in [-0.1, -0.05) is 19.1 Å². The van der Waals surface area contributed by atoms with Crippen LogP contribution in [0, 0.1) is 0 Å². The predicted molar refractivity (Wildman–Crippen MR) is 111 cm³/mol. The van der Waals surface area contributed by atoms with Gasteiger partial charge in [0.2, 0.25) is 5.91 Å². The van der Waals surface area contributed by atoms with Gasteiger partial charge in [0.1, 0.15) is 5.75 Å². The Labute approximate surface area is 174 Å². The average molecular weight is 412 g/mol. The zero-order valence-corrected chi connectivity index (χ0v) is 16.9. The lowest BCUT2D eigenvalue weighted by Gasteiger charge is -2.09. The molecular weight excluding hydrogens is 388 g/mol. The zero-order chi connectivity index (χ0) is 21.9. The number of methoxy groups -OCH3 is 1. The van der Waals surface area contributed by atoms with Crippen molar-refractivity contribution in [3.05, 3.63) is 59.7 Å². The molecule has 0 fully saturated rings. The first-order chi connectivity index (χ1) is 14.4. The molecule has 2 rings (SSSR count). The van der Waals surface area contributed by atoms with Gasteiger partial charge >= 0.3 is 5.97 Å². The van der Waals surface area contributed by atoms with Crippen molar-refractivity contribution in [2.75, 3.05) is 25.6 Å². The number of rotatable bonds is 10. The van der Waals surface area contributed by atoms with Crippen LogP contribution in [0.25, 0.3) is 0 Å². The van der Waals surface area contributed by atoms with Gasteiger partial charge in [0.25, 0.3) is 5.91 Å². The number of hydrogen-bond donors (Lipinski definition) is 2. The van der Waals surface area contributed by atoms with Crippen molar-refractivity contribution in [1.29, 1.82) is 0 Å². The smallest absolute Gasteiger partial charge is 0.308 e. The van der Waals surface area contributed by atoms with Gasteiger partial charge in [-0.15, -0.1) is 0 Å². The van der Waals surface area contributed by atoms with E-state index in [9.17, 15) is 19.2 Å². The molecule has 0 saturated carbocycles. The molecule has 2 aromatic rings. The summed E-state index contributed by atoms with van der Waals surface area (Å²) in [7, 11) is 1.47. The molecule has 158 valence electrons. The SMILES string of the molecule is CCC(=O)Nc1ccc(C(=O)COC(=O)CCNC(=O)c2ccccc2OC)cc1. The monoisotopic (exact) mass is 412 g/mol. The fourth-order valence-corrected chi connectivity index (χ4v) is 2.50. The third-order valence-electron chi connectivity index (χ3n) is 4.14. The second-order valence-electron chi connectivity index (χ2n) is 6.27. The topological polar surface area (TPSA) is 111 Å². The number of ether oxygens (including phenoxy) is 2. The standard InChI is InChI=1S/C22H24N2O6/c1-3-20(26)24-16-10-8-15(9-11-16)18(25)14-30-21(27)12-13-23-22(28)17-6-4-5-7-19(17)29-2/h4-11H,3,12-14H2,1-2H3,(H,23,28)(H,24,26). The maximum Gasteiger partial charge on any atom is 0.308 e. The van der Waals surface area contributed by atoms with E-state index in [2.05, 4.69) is 10.6 Å². The fraction of sp³-hybridized carbons (Fsp3) is 0.273. The van der Waals surface area contributed by atoms with E-state index >= 15 is 0 Å². The first kappa shape index (κ1) is 22.6. The highest BCUT2D eigenvalue weighted by Crippen LogP contribution is 2.16. The summed E-state index contributed by atoms with van der Waals surface area (Å²) in [6.07, 6.45) is 0.284. The predicted octanol–water partition coefficient (Wildman–Crippen LogP) is 2.59. The summed E-state index contributed by atoms with van der Waals surface area (Å²) in [6.45, 7) is 1.40. The highest BCUT2D eigenvalue weighted by Gasteiger charge is 2.13. The molecule has 8 heteroatoms. The van der Waals surface area contributed by atoms with Crippen LogP contribution in [0.4, 0.5) is 5.69 Å². The molecule has 0 saturated heterocycles. The molecule has 0 atom stereocenters. The summed E-state index contributed by atoms with van der Waals surface area (Å²) >= 11 is 0. The molecule has 2 aromatic carbocycles.